The number of benzene rings is 2. The van der Waals surface area contributed by atoms with Crippen LogP contribution in [-0.2, 0) is 6.54 Å². The molecule has 0 spiro atoms. The fourth-order valence-corrected chi connectivity index (χ4v) is 4.24. The maximum Gasteiger partial charge on any atom is 0.134 e. The van der Waals surface area contributed by atoms with Crippen molar-refractivity contribution in [2.75, 3.05) is 7.11 Å². The van der Waals surface area contributed by atoms with Crippen LogP contribution in [0.3, 0.4) is 0 Å². The van der Waals surface area contributed by atoms with Crippen LogP contribution in [-0.4, -0.2) is 11.7 Å². The quantitative estimate of drug-likeness (QED) is 0.468. The minimum atomic E-state index is -0.111. The minimum absolute atomic E-state index is 0.111. The Hall–Kier alpha value is -2.40. The molecule has 1 unspecified atom stereocenters. The molecule has 0 aliphatic carbocycles. The number of ether oxygens (including phenoxy) is 1. The van der Waals surface area contributed by atoms with E-state index < -0.39 is 0 Å². The fraction of sp³-hybridized carbons (Fsp3) is 0.143. The van der Waals surface area contributed by atoms with Gasteiger partial charge in [0.05, 0.1) is 12.8 Å². The van der Waals surface area contributed by atoms with Crippen molar-refractivity contribution in [1.29, 1.82) is 0 Å². The van der Waals surface area contributed by atoms with E-state index in [0.717, 1.165) is 39.4 Å². The van der Waals surface area contributed by atoms with Gasteiger partial charge in [-0.25, -0.2) is 0 Å². The number of rotatable bonds is 2. The van der Waals surface area contributed by atoms with Gasteiger partial charge in [-0.15, -0.1) is 0 Å². The molecule has 5 rings (SSSR count). The zero-order chi connectivity index (χ0) is 18.5. The molecular weight excluding hydrogens is 383 g/mol. The maximum absolute atomic E-state index is 6.47. The highest BCUT2D eigenvalue weighted by Crippen LogP contribution is 2.37. The molecule has 0 fully saturated rings. The highest BCUT2D eigenvalue weighted by molar-refractivity contribution is 6.35. The first-order valence-corrected chi connectivity index (χ1v) is 9.36. The van der Waals surface area contributed by atoms with Gasteiger partial charge in [0.25, 0.3) is 0 Å². The molecule has 0 saturated heterocycles. The van der Waals surface area contributed by atoms with Crippen molar-refractivity contribution >= 4 is 34.2 Å². The average Bonchev–Trinajstić information content (AvgIpc) is 3.26. The van der Waals surface area contributed by atoms with Crippen LogP contribution in [0.1, 0.15) is 23.1 Å². The fourth-order valence-electron chi connectivity index (χ4n) is 3.69. The highest BCUT2D eigenvalue weighted by Gasteiger charge is 2.27. The molecule has 0 saturated carbocycles. The number of nitrogens with one attached hydrogen (secondary N) is 1. The van der Waals surface area contributed by atoms with Gasteiger partial charge in [-0.3, -0.25) is 5.32 Å². The molecule has 27 heavy (non-hydrogen) atoms. The first kappa shape index (κ1) is 16.8. The second-order valence-corrected chi connectivity index (χ2v) is 7.40. The van der Waals surface area contributed by atoms with Crippen molar-refractivity contribution in [3.63, 3.8) is 0 Å². The molecule has 1 aliphatic rings. The lowest BCUT2D eigenvalue weighted by Crippen LogP contribution is -2.20. The van der Waals surface area contributed by atoms with Gasteiger partial charge in [0.1, 0.15) is 23.1 Å². The molecule has 2 aromatic heterocycles. The predicted molar refractivity (Wildman–Crippen MR) is 107 cm³/mol. The van der Waals surface area contributed by atoms with Gasteiger partial charge in [-0.2, -0.15) is 0 Å². The minimum Gasteiger partial charge on any atom is -0.497 e. The average molecular weight is 399 g/mol. The van der Waals surface area contributed by atoms with E-state index in [0.29, 0.717) is 16.6 Å². The van der Waals surface area contributed by atoms with Crippen LogP contribution < -0.4 is 10.1 Å². The first-order valence-electron chi connectivity index (χ1n) is 8.60. The lowest BCUT2D eigenvalue weighted by atomic mass is 10.1. The normalized spacial score (nSPS) is 16.0. The zero-order valence-electron chi connectivity index (χ0n) is 14.5. The molecule has 3 heterocycles. The number of hydrogen-bond acceptors (Lipinski definition) is 3. The summed E-state index contributed by atoms with van der Waals surface area (Å²) in [6.45, 7) is 0.609. The summed E-state index contributed by atoms with van der Waals surface area (Å²) < 4.78 is 13.6. The summed E-state index contributed by atoms with van der Waals surface area (Å²) in [6, 6.07) is 15.6. The van der Waals surface area contributed by atoms with Crippen LogP contribution in [0.4, 0.5) is 0 Å². The Balaban J connectivity index is 1.65. The zero-order valence-corrected chi connectivity index (χ0v) is 16.0. The molecular formula is C21H16Cl2N2O2. The lowest BCUT2D eigenvalue weighted by molar-refractivity contribution is 0.415. The number of methoxy groups -OCH3 is 1. The summed E-state index contributed by atoms with van der Waals surface area (Å²) in [5.41, 5.74) is 3.89. The van der Waals surface area contributed by atoms with Crippen molar-refractivity contribution in [1.82, 2.24) is 9.88 Å². The van der Waals surface area contributed by atoms with Gasteiger partial charge in [0, 0.05) is 39.4 Å². The summed E-state index contributed by atoms with van der Waals surface area (Å²) in [7, 11) is 1.66. The van der Waals surface area contributed by atoms with Crippen LogP contribution in [0.2, 0.25) is 10.0 Å². The third-order valence-corrected chi connectivity index (χ3v) is 5.54. The number of furan rings is 1. The number of hydrogen-bond donors (Lipinski definition) is 1. The van der Waals surface area contributed by atoms with Crippen molar-refractivity contribution in [2.24, 2.45) is 0 Å². The smallest absolute Gasteiger partial charge is 0.134 e. The van der Waals surface area contributed by atoms with Gasteiger partial charge in [0.2, 0.25) is 0 Å². The Kier molecular flexibility index (Phi) is 3.93. The summed E-state index contributed by atoms with van der Waals surface area (Å²) in [5.74, 6) is 1.65. The Labute approximate surface area is 166 Å². The Bertz CT molecular complexity index is 1160. The number of nitrogens with zero attached hydrogens (tertiary/aromatic N) is 1. The molecule has 0 amide bonds. The predicted octanol–water partition coefficient (Wildman–Crippen LogP) is 5.73. The van der Waals surface area contributed by atoms with Crippen molar-refractivity contribution in [3.05, 3.63) is 81.8 Å². The molecule has 1 aliphatic heterocycles. The van der Waals surface area contributed by atoms with Crippen LogP contribution in [0.15, 0.2) is 59.1 Å². The SMILES string of the molecule is COc1ccc2oc(C3NCc4c(Cl)cc(Cl)cc4-n4cccc43)cc2c1. The number of fused-ring (bicyclic) bond motifs is 4. The van der Waals surface area contributed by atoms with Gasteiger partial charge < -0.3 is 13.7 Å². The molecule has 6 heteroatoms. The van der Waals surface area contributed by atoms with Crippen molar-refractivity contribution in [2.45, 2.75) is 12.6 Å². The van der Waals surface area contributed by atoms with Gasteiger partial charge in [-0.05, 0) is 48.5 Å². The van der Waals surface area contributed by atoms with E-state index in [4.69, 9.17) is 32.4 Å². The Morgan fingerprint density at radius 3 is 2.89 bits per heavy atom. The van der Waals surface area contributed by atoms with Crippen molar-refractivity contribution < 1.29 is 9.15 Å². The van der Waals surface area contributed by atoms with Crippen LogP contribution in [0.25, 0.3) is 16.7 Å². The van der Waals surface area contributed by atoms with E-state index >= 15 is 0 Å². The van der Waals surface area contributed by atoms with E-state index in [2.05, 4.69) is 22.0 Å². The largest absolute Gasteiger partial charge is 0.497 e. The molecule has 0 radical (unpaired) electrons. The lowest BCUT2D eigenvalue weighted by Gasteiger charge is -2.15. The van der Waals surface area contributed by atoms with Crippen LogP contribution in [0.5, 0.6) is 5.75 Å². The van der Waals surface area contributed by atoms with E-state index in [1.54, 1.807) is 13.2 Å². The Morgan fingerprint density at radius 2 is 2.04 bits per heavy atom. The molecule has 136 valence electrons. The molecule has 1 atom stereocenters. The standard InChI is InChI=1S/C21H16Cl2N2O2/c1-26-14-4-5-19-12(7-14)8-20(27-19)21-17-3-2-6-25(17)18-10-13(22)9-16(23)15(18)11-24-21/h2-10,21,24H,11H2,1H3. The third-order valence-electron chi connectivity index (χ3n) is 4.98. The molecule has 1 N–H and O–H groups in total. The molecule has 4 aromatic rings. The third kappa shape index (κ3) is 2.72. The van der Waals surface area contributed by atoms with Crippen molar-refractivity contribution in [3.8, 4) is 11.4 Å². The number of halogens is 2. The highest BCUT2D eigenvalue weighted by atomic mass is 35.5. The summed E-state index contributed by atoms with van der Waals surface area (Å²) >= 11 is 12.7. The van der Waals surface area contributed by atoms with Gasteiger partial charge >= 0.3 is 0 Å². The summed E-state index contributed by atoms with van der Waals surface area (Å²) in [5, 5.41) is 5.85. The van der Waals surface area contributed by atoms with E-state index in [-0.39, 0.29) is 6.04 Å². The monoisotopic (exact) mass is 398 g/mol. The maximum atomic E-state index is 6.47. The molecule has 2 aromatic carbocycles. The summed E-state index contributed by atoms with van der Waals surface area (Å²) in [4.78, 5) is 0. The van der Waals surface area contributed by atoms with E-state index in [1.807, 2.05) is 36.5 Å². The van der Waals surface area contributed by atoms with Gasteiger partial charge in [-0.1, -0.05) is 23.2 Å². The second-order valence-electron chi connectivity index (χ2n) is 6.55. The van der Waals surface area contributed by atoms with Gasteiger partial charge in [0.15, 0.2) is 0 Å². The number of aromatic nitrogens is 1. The molecule has 4 nitrogen and oxygen atoms in total. The second kappa shape index (κ2) is 6.34. The topological polar surface area (TPSA) is 39.3 Å². The molecule has 0 bridgehead atoms. The first-order chi connectivity index (χ1) is 13.1. The summed E-state index contributed by atoms with van der Waals surface area (Å²) in [6.07, 6.45) is 2.02. The van der Waals surface area contributed by atoms with E-state index in [9.17, 15) is 0 Å². The van der Waals surface area contributed by atoms with E-state index in [1.165, 1.54) is 0 Å². The van der Waals surface area contributed by atoms with Crippen LogP contribution in [0, 0.1) is 0 Å². The Morgan fingerprint density at radius 1 is 1.15 bits per heavy atom. The van der Waals surface area contributed by atoms with Crippen LogP contribution >= 0.6 is 23.2 Å².